The maximum absolute atomic E-state index is 12.4. The number of hydrogen-bond acceptors (Lipinski definition) is 6. The normalized spacial score (nSPS) is 15.1. The fraction of sp³-hybridized carbons (Fsp3) is 0.455. The van der Waals surface area contributed by atoms with Crippen molar-refractivity contribution in [2.75, 3.05) is 39.8 Å². The molecule has 1 aromatic carbocycles. The standard InChI is InChI=1S/C22H29N3O4/c1-5-24-10-12-25(13-11-24)22(26)9-7-18-6-8-20(21(14-18)27-4)28-15-19-16(2)23-29-17(19)3/h6-9,14H,5,10-13,15H2,1-4H3/b9-7+. The third-order valence-electron chi connectivity index (χ3n) is 5.29. The predicted molar refractivity (Wildman–Crippen MR) is 111 cm³/mol. The second-order valence-corrected chi connectivity index (χ2v) is 7.09. The molecule has 1 aliphatic heterocycles. The highest BCUT2D eigenvalue weighted by molar-refractivity contribution is 5.92. The molecule has 0 spiro atoms. The van der Waals surface area contributed by atoms with E-state index in [1.807, 2.05) is 43.0 Å². The molecule has 1 amide bonds. The molecule has 3 rings (SSSR count). The van der Waals surface area contributed by atoms with Gasteiger partial charge in [0, 0.05) is 32.3 Å². The zero-order valence-corrected chi connectivity index (χ0v) is 17.6. The molecule has 0 N–H and O–H groups in total. The molecule has 2 aromatic rings. The number of ether oxygens (including phenoxy) is 2. The number of aromatic nitrogens is 1. The van der Waals surface area contributed by atoms with Crippen molar-refractivity contribution >= 4 is 12.0 Å². The van der Waals surface area contributed by atoms with Crippen molar-refractivity contribution in [3.8, 4) is 11.5 Å². The minimum absolute atomic E-state index is 0.0402. The quantitative estimate of drug-likeness (QED) is 0.667. The zero-order valence-electron chi connectivity index (χ0n) is 17.6. The van der Waals surface area contributed by atoms with Crippen LogP contribution in [-0.4, -0.2) is 60.7 Å². The van der Waals surface area contributed by atoms with Crippen LogP contribution in [0.5, 0.6) is 11.5 Å². The molecule has 1 saturated heterocycles. The van der Waals surface area contributed by atoms with E-state index in [0.29, 0.717) is 18.1 Å². The van der Waals surface area contributed by atoms with Gasteiger partial charge in [-0.25, -0.2) is 0 Å². The minimum Gasteiger partial charge on any atom is -0.493 e. The van der Waals surface area contributed by atoms with Crippen molar-refractivity contribution < 1.29 is 18.8 Å². The summed E-state index contributed by atoms with van der Waals surface area (Å²) in [4.78, 5) is 16.7. The molecule has 7 nitrogen and oxygen atoms in total. The molecular formula is C22H29N3O4. The topological polar surface area (TPSA) is 68.0 Å². The number of aryl methyl sites for hydroxylation is 2. The van der Waals surface area contributed by atoms with Crippen LogP contribution >= 0.6 is 0 Å². The Labute approximate surface area is 171 Å². The summed E-state index contributed by atoms with van der Waals surface area (Å²) in [6.45, 7) is 10.7. The number of rotatable bonds is 7. The Morgan fingerprint density at radius 3 is 2.59 bits per heavy atom. The Kier molecular flexibility index (Phi) is 6.93. The summed E-state index contributed by atoms with van der Waals surface area (Å²) >= 11 is 0. The van der Waals surface area contributed by atoms with Crippen LogP contribution in [-0.2, 0) is 11.4 Å². The van der Waals surface area contributed by atoms with Gasteiger partial charge in [0.05, 0.1) is 18.4 Å². The molecule has 0 atom stereocenters. The van der Waals surface area contributed by atoms with E-state index in [0.717, 1.165) is 55.3 Å². The first-order chi connectivity index (χ1) is 14.0. The van der Waals surface area contributed by atoms with Crippen molar-refractivity contribution in [2.45, 2.75) is 27.4 Å². The fourth-order valence-electron chi connectivity index (χ4n) is 3.32. The summed E-state index contributed by atoms with van der Waals surface area (Å²) in [7, 11) is 1.60. The molecule has 1 fully saturated rings. The first-order valence-electron chi connectivity index (χ1n) is 9.93. The Morgan fingerprint density at radius 2 is 1.97 bits per heavy atom. The van der Waals surface area contributed by atoms with E-state index < -0.39 is 0 Å². The van der Waals surface area contributed by atoms with Gasteiger partial charge in [0.25, 0.3) is 0 Å². The van der Waals surface area contributed by atoms with Crippen LogP contribution in [0.25, 0.3) is 6.08 Å². The summed E-state index contributed by atoms with van der Waals surface area (Å²) in [5.41, 5.74) is 2.64. The van der Waals surface area contributed by atoms with Gasteiger partial charge >= 0.3 is 0 Å². The Balaban J connectivity index is 1.62. The lowest BCUT2D eigenvalue weighted by Gasteiger charge is -2.33. The predicted octanol–water partition coefficient (Wildman–Crippen LogP) is 3.06. The summed E-state index contributed by atoms with van der Waals surface area (Å²) in [6, 6.07) is 5.62. The third kappa shape index (κ3) is 5.17. The molecule has 1 aliphatic rings. The van der Waals surface area contributed by atoms with Gasteiger partial charge in [-0.3, -0.25) is 4.79 Å². The van der Waals surface area contributed by atoms with Crippen LogP contribution in [0.1, 0.15) is 29.5 Å². The van der Waals surface area contributed by atoms with E-state index in [1.165, 1.54) is 0 Å². The Morgan fingerprint density at radius 1 is 1.21 bits per heavy atom. The largest absolute Gasteiger partial charge is 0.493 e. The van der Waals surface area contributed by atoms with E-state index in [2.05, 4.69) is 17.0 Å². The molecule has 0 saturated carbocycles. The van der Waals surface area contributed by atoms with Crippen molar-refractivity contribution in [3.05, 3.63) is 46.9 Å². The van der Waals surface area contributed by atoms with Gasteiger partial charge in [-0.1, -0.05) is 18.1 Å². The minimum atomic E-state index is 0.0402. The summed E-state index contributed by atoms with van der Waals surface area (Å²) in [5.74, 6) is 2.03. The van der Waals surface area contributed by atoms with Gasteiger partial charge in [0.15, 0.2) is 11.5 Å². The van der Waals surface area contributed by atoms with Gasteiger partial charge in [-0.2, -0.15) is 0 Å². The van der Waals surface area contributed by atoms with Crippen molar-refractivity contribution in [2.24, 2.45) is 0 Å². The average Bonchev–Trinajstić information content (AvgIpc) is 3.08. The van der Waals surface area contributed by atoms with Crippen LogP contribution in [0.3, 0.4) is 0 Å². The molecule has 156 valence electrons. The van der Waals surface area contributed by atoms with Crippen molar-refractivity contribution in [1.82, 2.24) is 15.0 Å². The second-order valence-electron chi connectivity index (χ2n) is 7.09. The highest BCUT2D eigenvalue weighted by atomic mass is 16.5. The number of likely N-dealkylation sites (N-methyl/N-ethyl adjacent to an activating group) is 1. The van der Waals surface area contributed by atoms with Crippen LogP contribution < -0.4 is 9.47 Å². The molecule has 0 unspecified atom stereocenters. The number of methoxy groups -OCH3 is 1. The SMILES string of the molecule is CCN1CCN(C(=O)/C=C/c2ccc(OCc3c(C)noc3C)c(OC)c2)CC1. The fourth-order valence-corrected chi connectivity index (χ4v) is 3.32. The van der Waals surface area contributed by atoms with E-state index >= 15 is 0 Å². The number of benzene rings is 1. The van der Waals surface area contributed by atoms with Crippen LogP contribution in [0.2, 0.25) is 0 Å². The number of amides is 1. The van der Waals surface area contributed by atoms with Gasteiger partial charge in [0.2, 0.25) is 5.91 Å². The molecule has 0 aliphatic carbocycles. The molecule has 0 radical (unpaired) electrons. The molecular weight excluding hydrogens is 370 g/mol. The monoisotopic (exact) mass is 399 g/mol. The maximum atomic E-state index is 12.4. The van der Waals surface area contributed by atoms with Crippen LogP contribution in [0.15, 0.2) is 28.8 Å². The Hall–Kier alpha value is -2.80. The first-order valence-corrected chi connectivity index (χ1v) is 9.93. The second kappa shape index (κ2) is 9.60. The number of carbonyl (C=O) groups is 1. The van der Waals surface area contributed by atoms with Crippen molar-refractivity contribution in [3.63, 3.8) is 0 Å². The molecule has 7 heteroatoms. The van der Waals surface area contributed by atoms with E-state index in [9.17, 15) is 4.79 Å². The van der Waals surface area contributed by atoms with Crippen LogP contribution in [0, 0.1) is 13.8 Å². The highest BCUT2D eigenvalue weighted by Gasteiger charge is 2.18. The van der Waals surface area contributed by atoms with E-state index in [4.69, 9.17) is 14.0 Å². The molecule has 29 heavy (non-hydrogen) atoms. The first kappa shape index (κ1) is 20.9. The van der Waals surface area contributed by atoms with E-state index in [-0.39, 0.29) is 5.91 Å². The number of nitrogens with zero attached hydrogens (tertiary/aromatic N) is 3. The van der Waals surface area contributed by atoms with E-state index in [1.54, 1.807) is 13.2 Å². The molecule has 2 heterocycles. The molecule has 0 bridgehead atoms. The lowest BCUT2D eigenvalue weighted by atomic mass is 10.1. The number of piperazine rings is 1. The number of carbonyl (C=O) groups excluding carboxylic acids is 1. The third-order valence-corrected chi connectivity index (χ3v) is 5.29. The highest BCUT2D eigenvalue weighted by Crippen LogP contribution is 2.30. The smallest absolute Gasteiger partial charge is 0.246 e. The molecule has 1 aromatic heterocycles. The maximum Gasteiger partial charge on any atom is 0.246 e. The van der Waals surface area contributed by atoms with Gasteiger partial charge in [0.1, 0.15) is 12.4 Å². The van der Waals surface area contributed by atoms with Gasteiger partial charge < -0.3 is 23.8 Å². The van der Waals surface area contributed by atoms with Crippen LogP contribution in [0.4, 0.5) is 0 Å². The average molecular weight is 399 g/mol. The zero-order chi connectivity index (χ0) is 20.8. The lowest BCUT2D eigenvalue weighted by Crippen LogP contribution is -2.48. The summed E-state index contributed by atoms with van der Waals surface area (Å²) in [5, 5.41) is 3.94. The Bertz CT molecular complexity index is 847. The summed E-state index contributed by atoms with van der Waals surface area (Å²) in [6.07, 6.45) is 3.44. The number of hydrogen-bond donors (Lipinski definition) is 0. The lowest BCUT2D eigenvalue weighted by molar-refractivity contribution is -0.127. The van der Waals surface area contributed by atoms with Crippen molar-refractivity contribution in [1.29, 1.82) is 0 Å². The van der Waals surface area contributed by atoms with Gasteiger partial charge in [-0.05, 0) is 44.2 Å². The van der Waals surface area contributed by atoms with Gasteiger partial charge in [-0.15, -0.1) is 0 Å². The summed E-state index contributed by atoms with van der Waals surface area (Å²) < 4.78 is 16.5.